The Morgan fingerprint density at radius 2 is 2.10 bits per heavy atom. The van der Waals surface area contributed by atoms with Crippen LogP contribution < -0.4 is 0 Å². The monoisotopic (exact) mass is 295 g/mol. The first-order valence-corrected chi connectivity index (χ1v) is 5.84. The highest BCUT2D eigenvalue weighted by Crippen LogP contribution is 2.29. The van der Waals surface area contributed by atoms with Crippen LogP contribution in [0.25, 0.3) is 11.4 Å². The fraction of sp³-hybridized carbons (Fsp3) is 0.167. The summed E-state index contributed by atoms with van der Waals surface area (Å²) < 4.78 is 43.1. The summed E-state index contributed by atoms with van der Waals surface area (Å²) in [6, 6.07) is 3.27. The van der Waals surface area contributed by atoms with E-state index in [1.54, 1.807) is 30.9 Å². The van der Waals surface area contributed by atoms with Crippen molar-refractivity contribution >= 4 is 0 Å². The molecule has 0 aromatic carbocycles. The fourth-order valence-corrected chi connectivity index (χ4v) is 1.67. The zero-order chi connectivity index (χ0) is 14.9. The summed E-state index contributed by atoms with van der Waals surface area (Å²) in [4.78, 5) is 11.4. The van der Waals surface area contributed by atoms with E-state index < -0.39 is 12.1 Å². The van der Waals surface area contributed by atoms with E-state index >= 15 is 0 Å². The van der Waals surface area contributed by atoms with Gasteiger partial charge in [-0.3, -0.25) is 4.98 Å². The van der Waals surface area contributed by atoms with E-state index in [-0.39, 0.29) is 5.82 Å². The average molecular weight is 295 g/mol. The molecule has 0 unspecified atom stereocenters. The second kappa shape index (κ2) is 5.00. The van der Waals surface area contributed by atoms with Gasteiger partial charge in [0.2, 0.25) is 5.82 Å². The molecular formula is C12H8F3N5O. The van der Waals surface area contributed by atoms with Crippen LogP contribution in [0.15, 0.2) is 41.6 Å². The van der Waals surface area contributed by atoms with Crippen LogP contribution >= 0.6 is 0 Å². The van der Waals surface area contributed by atoms with Crippen molar-refractivity contribution in [1.82, 2.24) is 24.7 Å². The molecule has 6 nitrogen and oxygen atoms in total. The second-order valence-electron chi connectivity index (χ2n) is 4.19. The van der Waals surface area contributed by atoms with Crippen molar-refractivity contribution in [3.8, 4) is 11.4 Å². The highest BCUT2D eigenvalue weighted by molar-refractivity contribution is 5.52. The lowest BCUT2D eigenvalue weighted by Crippen LogP contribution is -2.04. The molecule has 0 spiro atoms. The van der Waals surface area contributed by atoms with Crippen molar-refractivity contribution < 1.29 is 17.7 Å². The molecule has 3 rings (SSSR count). The molecule has 3 aromatic heterocycles. The predicted octanol–water partition coefficient (Wildman–Crippen LogP) is 2.40. The molecule has 0 atom stereocenters. The Morgan fingerprint density at radius 3 is 2.67 bits per heavy atom. The van der Waals surface area contributed by atoms with Gasteiger partial charge in [-0.25, -0.2) is 4.98 Å². The first-order chi connectivity index (χ1) is 10.0. The van der Waals surface area contributed by atoms with Crippen LogP contribution in [0, 0.1) is 0 Å². The Bertz CT molecular complexity index is 718. The second-order valence-corrected chi connectivity index (χ2v) is 4.19. The quantitative estimate of drug-likeness (QED) is 0.742. The van der Waals surface area contributed by atoms with E-state index in [4.69, 9.17) is 0 Å². The first-order valence-electron chi connectivity index (χ1n) is 5.84. The van der Waals surface area contributed by atoms with Gasteiger partial charge in [0.05, 0.1) is 18.6 Å². The van der Waals surface area contributed by atoms with E-state index in [1.807, 2.05) is 4.57 Å². The molecule has 21 heavy (non-hydrogen) atoms. The molecule has 0 N–H and O–H groups in total. The van der Waals surface area contributed by atoms with Crippen LogP contribution in [0.5, 0.6) is 0 Å². The van der Waals surface area contributed by atoms with Crippen molar-refractivity contribution in [2.24, 2.45) is 0 Å². The third kappa shape index (κ3) is 2.91. The molecule has 9 heteroatoms. The Morgan fingerprint density at radius 1 is 1.24 bits per heavy atom. The number of halogens is 3. The minimum Gasteiger partial charge on any atom is -0.331 e. The molecule has 0 saturated heterocycles. The Balaban J connectivity index is 1.79. The molecule has 0 amide bonds. The van der Waals surface area contributed by atoms with Crippen molar-refractivity contribution in [3.05, 3.63) is 48.6 Å². The Kier molecular flexibility index (Phi) is 3.16. The Labute approximate surface area is 116 Å². The van der Waals surface area contributed by atoms with E-state index in [2.05, 4.69) is 24.6 Å². The summed E-state index contributed by atoms with van der Waals surface area (Å²) in [5.41, 5.74) is 1.08. The maximum absolute atomic E-state index is 12.4. The minimum atomic E-state index is -4.65. The van der Waals surface area contributed by atoms with Crippen LogP contribution in [0.1, 0.15) is 11.6 Å². The molecular weight excluding hydrogens is 287 g/mol. The smallest absolute Gasteiger partial charge is 0.331 e. The molecule has 0 bridgehead atoms. The molecule has 0 aliphatic rings. The zero-order valence-corrected chi connectivity index (χ0v) is 10.4. The minimum absolute atomic E-state index is 0.149. The van der Waals surface area contributed by atoms with Gasteiger partial charge in [0.1, 0.15) is 0 Å². The highest BCUT2D eigenvalue weighted by Gasteiger charge is 2.38. The number of alkyl halides is 3. The van der Waals surface area contributed by atoms with Gasteiger partial charge in [0.15, 0.2) is 0 Å². The lowest BCUT2D eigenvalue weighted by Gasteiger charge is -2.02. The number of imidazole rings is 1. The van der Waals surface area contributed by atoms with Crippen LogP contribution in [-0.4, -0.2) is 24.7 Å². The van der Waals surface area contributed by atoms with Gasteiger partial charge in [0, 0.05) is 24.2 Å². The normalized spacial score (nSPS) is 11.8. The predicted molar refractivity (Wildman–Crippen MR) is 63.9 cm³/mol. The molecule has 0 fully saturated rings. The molecule has 3 heterocycles. The Hall–Kier alpha value is -2.71. The van der Waals surface area contributed by atoms with Crippen LogP contribution in [0.2, 0.25) is 0 Å². The van der Waals surface area contributed by atoms with Gasteiger partial charge in [-0.05, 0) is 12.1 Å². The summed E-state index contributed by atoms with van der Waals surface area (Å²) in [5.74, 6) is -1.52. The van der Waals surface area contributed by atoms with Gasteiger partial charge < -0.3 is 9.09 Å². The molecule has 0 aliphatic heterocycles. The lowest BCUT2D eigenvalue weighted by molar-refractivity contribution is -0.159. The standard InChI is InChI=1S/C12H8F3N5O/c13-12(14,15)11-18-10(19-21-11)8-1-2-9(17-5-8)6-20-4-3-16-7-20/h1-5,7H,6H2. The van der Waals surface area contributed by atoms with Crippen molar-refractivity contribution in [2.75, 3.05) is 0 Å². The number of aromatic nitrogens is 5. The summed E-state index contributed by atoms with van der Waals surface area (Å²) in [6.45, 7) is 0.514. The van der Waals surface area contributed by atoms with Crippen LogP contribution in [-0.2, 0) is 12.7 Å². The maximum atomic E-state index is 12.4. The number of hydrogen-bond acceptors (Lipinski definition) is 5. The summed E-state index contributed by atoms with van der Waals surface area (Å²) >= 11 is 0. The molecule has 0 saturated carbocycles. The zero-order valence-electron chi connectivity index (χ0n) is 10.4. The largest absolute Gasteiger partial charge is 0.471 e. The van der Waals surface area contributed by atoms with Crippen molar-refractivity contribution in [2.45, 2.75) is 12.7 Å². The molecule has 0 radical (unpaired) electrons. The van der Waals surface area contributed by atoms with Gasteiger partial charge >= 0.3 is 12.1 Å². The van der Waals surface area contributed by atoms with Crippen LogP contribution in [0.4, 0.5) is 13.2 Å². The van der Waals surface area contributed by atoms with Gasteiger partial charge in [-0.2, -0.15) is 18.2 Å². The molecule has 0 aliphatic carbocycles. The SMILES string of the molecule is FC(F)(F)c1nc(-c2ccc(Cn3ccnc3)nc2)no1. The number of hydrogen-bond donors (Lipinski definition) is 0. The van der Waals surface area contributed by atoms with Crippen LogP contribution in [0.3, 0.4) is 0 Å². The topological polar surface area (TPSA) is 69.6 Å². The first kappa shape index (κ1) is 13.3. The number of pyridine rings is 1. The van der Waals surface area contributed by atoms with E-state index in [0.29, 0.717) is 12.1 Å². The highest BCUT2D eigenvalue weighted by atomic mass is 19.4. The maximum Gasteiger partial charge on any atom is 0.471 e. The summed E-state index contributed by atoms with van der Waals surface area (Å²) in [5, 5.41) is 3.30. The van der Waals surface area contributed by atoms with Crippen molar-refractivity contribution in [1.29, 1.82) is 0 Å². The third-order valence-corrected chi connectivity index (χ3v) is 2.66. The van der Waals surface area contributed by atoms with E-state index in [9.17, 15) is 13.2 Å². The number of rotatable bonds is 3. The van der Waals surface area contributed by atoms with Gasteiger partial charge in [-0.1, -0.05) is 5.16 Å². The lowest BCUT2D eigenvalue weighted by atomic mass is 10.2. The fourth-order valence-electron chi connectivity index (χ4n) is 1.67. The average Bonchev–Trinajstić information content (AvgIpc) is 3.09. The van der Waals surface area contributed by atoms with Gasteiger partial charge in [-0.15, -0.1) is 0 Å². The molecule has 108 valence electrons. The number of nitrogens with zero attached hydrogens (tertiary/aromatic N) is 5. The van der Waals surface area contributed by atoms with Crippen molar-refractivity contribution in [3.63, 3.8) is 0 Å². The summed E-state index contributed by atoms with van der Waals surface area (Å²) in [6.07, 6.45) is 1.82. The summed E-state index contributed by atoms with van der Waals surface area (Å²) in [7, 11) is 0. The third-order valence-electron chi connectivity index (χ3n) is 2.66. The van der Waals surface area contributed by atoms with E-state index in [0.717, 1.165) is 5.69 Å². The van der Waals surface area contributed by atoms with E-state index in [1.165, 1.54) is 6.20 Å². The molecule has 3 aromatic rings. The van der Waals surface area contributed by atoms with Gasteiger partial charge in [0.25, 0.3) is 0 Å².